The Morgan fingerprint density at radius 2 is 2.32 bits per heavy atom. The quantitative estimate of drug-likeness (QED) is 0.906. The van der Waals surface area contributed by atoms with Crippen LogP contribution < -0.4 is 0 Å². The Morgan fingerprint density at radius 1 is 1.58 bits per heavy atom. The fourth-order valence-corrected chi connectivity index (χ4v) is 3.16. The molecule has 0 aromatic carbocycles. The van der Waals surface area contributed by atoms with Crippen LogP contribution in [0, 0.1) is 6.92 Å². The average Bonchev–Trinajstić information content (AvgIpc) is 2.67. The number of aliphatic carboxylic acids is 1. The average molecular weight is 265 g/mol. The van der Waals surface area contributed by atoms with Gasteiger partial charge in [0.2, 0.25) is 0 Å². The third kappa shape index (κ3) is 3.15. The molecular formula is C14H23N3O2. The van der Waals surface area contributed by atoms with E-state index in [9.17, 15) is 4.79 Å². The number of hydrogen-bond donors (Lipinski definition) is 1. The second kappa shape index (κ2) is 5.74. The molecule has 0 spiro atoms. The fraction of sp³-hybridized carbons (Fsp3) is 0.714. The van der Waals surface area contributed by atoms with Crippen LogP contribution in [0.1, 0.15) is 49.9 Å². The van der Waals surface area contributed by atoms with Crippen molar-refractivity contribution in [3.05, 3.63) is 17.5 Å². The van der Waals surface area contributed by atoms with Gasteiger partial charge in [0.15, 0.2) is 0 Å². The van der Waals surface area contributed by atoms with E-state index < -0.39 is 5.97 Å². The van der Waals surface area contributed by atoms with Crippen molar-refractivity contribution in [3.63, 3.8) is 0 Å². The molecule has 0 radical (unpaired) electrons. The van der Waals surface area contributed by atoms with Crippen molar-refractivity contribution in [2.24, 2.45) is 7.05 Å². The topological polar surface area (TPSA) is 58.4 Å². The van der Waals surface area contributed by atoms with Gasteiger partial charge in [-0.3, -0.25) is 14.4 Å². The van der Waals surface area contributed by atoms with Gasteiger partial charge in [-0.25, -0.2) is 0 Å². The van der Waals surface area contributed by atoms with Crippen LogP contribution in [0.15, 0.2) is 6.20 Å². The first kappa shape index (κ1) is 14.1. The number of aryl methyl sites for hydroxylation is 2. The number of piperidine rings is 1. The van der Waals surface area contributed by atoms with Crippen LogP contribution in [0.3, 0.4) is 0 Å². The molecule has 1 fully saturated rings. The highest BCUT2D eigenvalue weighted by Crippen LogP contribution is 2.30. The van der Waals surface area contributed by atoms with Crippen LogP contribution in [0.5, 0.6) is 0 Å². The third-order valence-corrected chi connectivity index (χ3v) is 4.08. The summed E-state index contributed by atoms with van der Waals surface area (Å²) in [5, 5.41) is 13.4. The molecule has 1 aliphatic rings. The minimum Gasteiger partial charge on any atom is -0.481 e. The highest BCUT2D eigenvalue weighted by molar-refractivity contribution is 5.67. The van der Waals surface area contributed by atoms with Crippen LogP contribution >= 0.6 is 0 Å². The summed E-state index contributed by atoms with van der Waals surface area (Å²) in [7, 11) is 1.92. The zero-order chi connectivity index (χ0) is 14.0. The van der Waals surface area contributed by atoms with Crippen LogP contribution in [-0.4, -0.2) is 38.3 Å². The second-order valence-corrected chi connectivity index (χ2v) is 5.50. The van der Waals surface area contributed by atoms with Crippen molar-refractivity contribution in [3.8, 4) is 0 Å². The summed E-state index contributed by atoms with van der Waals surface area (Å²) in [6, 6.07) is 0.388. The van der Waals surface area contributed by atoms with Crippen molar-refractivity contribution in [2.75, 3.05) is 6.54 Å². The third-order valence-electron chi connectivity index (χ3n) is 4.08. The van der Waals surface area contributed by atoms with E-state index in [4.69, 9.17) is 5.11 Å². The normalized spacial score (nSPS) is 22.4. The van der Waals surface area contributed by atoms with E-state index in [-0.39, 0.29) is 18.5 Å². The van der Waals surface area contributed by atoms with E-state index >= 15 is 0 Å². The van der Waals surface area contributed by atoms with Gasteiger partial charge in [0.1, 0.15) is 0 Å². The first-order chi connectivity index (χ1) is 8.99. The van der Waals surface area contributed by atoms with E-state index in [1.807, 2.05) is 24.9 Å². The van der Waals surface area contributed by atoms with Crippen LogP contribution in [0.25, 0.3) is 0 Å². The molecule has 1 aromatic heterocycles. The summed E-state index contributed by atoms with van der Waals surface area (Å²) >= 11 is 0. The molecule has 0 saturated carbocycles. The number of rotatable bonds is 4. The van der Waals surface area contributed by atoms with Gasteiger partial charge in [-0.2, -0.15) is 5.10 Å². The van der Waals surface area contributed by atoms with Gasteiger partial charge in [-0.1, -0.05) is 6.42 Å². The lowest BCUT2D eigenvalue weighted by Crippen LogP contribution is -2.42. The van der Waals surface area contributed by atoms with E-state index in [0.29, 0.717) is 0 Å². The molecule has 0 amide bonds. The number of carboxylic acid groups (broad SMARTS) is 1. The molecule has 2 heterocycles. The Morgan fingerprint density at radius 3 is 2.89 bits per heavy atom. The van der Waals surface area contributed by atoms with Crippen LogP contribution in [0.2, 0.25) is 0 Å². The van der Waals surface area contributed by atoms with Crippen molar-refractivity contribution in [1.29, 1.82) is 0 Å². The Hall–Kier alpha value is -1.36. The SMILES string of the molecule is Cc1nn(C)cc1C(C)N1CCCCC1CC(=O)O. The summed E-state index contributed by atoms with van der Waals surface area (Å²) in [6.07, 6.45) is 5.55. The summed E-state index contributed by atoms with van der Waals surface area (Å²) in [5.41, 5.74) is 2.24. The minimum atomic E-state index is -0.702. The Labute approximate surface area is 114 Å². The Balaban J connectivity index is 2.17. The molecule has 0 bridgehead atoms. The van der Waals surface area contributed by atoms with Crippen LogP contribution in [0.4, 0.5) is 0 Å². The molecular weight excluding hydrogens is 242 g/mol. The van der Waals surface area contributed by atoms with Gasteiger partial charge in [-0.05, 0) is 33.2 Å². The molecule has 2 atom stereocenters. The minimum absolute atomic E-state index is 0.154. The molecule has 0 aliphatic carbocycles. The summed E-state index contributed by atoms with van der Waals surface area (Å²) < 4.78 is 1.83. The first-order valence-corrected chi connectivity index (χ1v) is 6.96. The number of carbonyl (C=O) groups is 1. The van der Waals surface area contributed by atoms with Crippen molar-refractivity contribution < 1.29 is 9.90 Å². The standard InChI is InChI=1S/C14H23N3O2/c1-10-13(9-16(3)15-10)11(2)17-7-5-4-6-12(17)8-14(18)19/h9,11-12H,4-8H2,1-3H3,(H,18,19). The first-order valence-electron chi connectivity index (χ1n) is 6.96. The van der Waals surface area contributed by atoms with E-state index in [0.717, 1.165) is 31.5 Å². The molecule has 106 valence electrons. The fourth-order valence-electron chi connectivity index (χ4n) is 3.16. The lowest BCUT2D eigenvalue weighted by Gasteiger charge is -2.39. The van der Waals surface area contributed by atoms with E-state index in [1.165, 1.54) is 5.56 Å². The zero-order valence-corrected chi connectivity index (χ0v) is 12.0. The smallest absolute Gasteiger partial charge is 0.304 e. The molecule has 5 nitrogen and oxygen atoms in total. The maximum absolute atomic E-state index is 11.0. The van der Waals surface area contributed by atoms with Crippen LogP contribution in [-0.2, 0) is 11.8 Å². The number of hydrogen-bond acceptors (Lipinski definition) is 3. The lowest BCUT2D eigenvalue weighted by molar-refractivity contribution is -0.139. The van der Waals surface area contributed by atoms with Gasteiger partial charge in [0, 0.05) is 30.9 Å². The predicted molar refractivity (Wildman–Crippen MR) is 73.0 cm³/mol. The largest absolute Gasteiger partial charge is 0.481 e. The van der Waals surface area contributed by atoms with Crippen molar-refractivity contribution in [2.45, 2.75) is 51.6 Å². The molecule has 5 heteroatoms. The summed E-state index contributed by atoms with van der Waals surface area (Å²) in [5.74, 6) is -0.702. The maximum atomic E-state index is 11.0. The maximum Gasteiger partial charge on any atom is 0.304 e. The van der Waals surface area contributed by atoms with Gasteiger partial charge in [0.05, 0.1) is 12.1 Å². The molecule has 19 heavy (non-hydrogen) atoms. The lowest BCUT2D eigenvalue weighted by atomic mass is 9.95. The Kier molecular flexibility index (Phi) is 4.24. The molecule has 1 aliphatic heterocycles. The highest BCUT2D eigenvalue weighted by atomic mass is 16.4. The molecule has 2 unspecified atom stereocenters. The summed E-state index contributed by atoms with van der Waals surface area (Å²) in [4.78, 5) is 13.3. The van der Waals surface area contributed by atoms with Gasteiger partial charge in [0.25, 0.3) is 0 Å². The zero-order valence-electron chi connectivity index (χ0n) is 12.0. The molecule has 1 N–H and O–H groups in total. The monoisotopic (exact) mass is 265 g/mol. The number of aromatic nitrogens is 2. The summed E-state index contributed by atoms with van der Waals surface area (Å²) in [6.45, 7) is 5.15. The van der Waals surface area contributed by atoms with E-state index in [2.05, 4.69) is 16.9 Å². The number of carboxylic acids is 1. The Bertz CT molecular complexity index is 456. The number of likely N-dealkylation sites (tertiary alicyclic amines) is 1. The molecule has 1 saturated heterocycles. The van der Waals surface area contributed by atoms with Gasteiger partial charge < -0.3 is 5.11 Å². The molecule has 2 rings (SSSR count). The number of nitrogens with zero attached hydrogens (tertiary/aromatic N) is 3. The highest BCUT2D eigenvalue weighted by Gasteiger charge is 2.30. The molecule has 1 aromatic rings. The van der Waals surface area contributed by atoms with Crippen molar-refractivity contribution in [1.82, 2.24) is 14.7 Å². The predicted octanol–water partition coefficient (Wildman–Crippen LogP) is 2.12. The van der Waals surface area contributed by atoms with Gasteiger partial charge >= 0.3 is 5.97 Å². The van der Waals surface area contributed by atoms with Crippen molar-refractivity contribution >= 4 is 5.97 Å². The second-order valence-electron chi connectivity index (χ2n) is 5.50. The van der Waals surface area contributed by atoms with Gasteiger partial charge in [-0.15, -0.1) is 0 Å². The van der Waals surface area contributed by atoms with E-state index in [1.54, 1.807) is 0 Å².